The Morgan fingerprint density at radius 3 is 2.88 bits per heavy atom. The number of nitrogens with two attached hydrogens (primary N) is 1. The molecule has 2 heterocycles. The largest absolute Gasteiger partial charge is 0.382 e. The number of anilines is 2. The van der Waals surface area contributed by atoms with E-state index in [0.717, 1.165) is 0 Å². The average molecular weight is 295 g/mol. The van der Waals surface area contributed by atoms with E-state index in [0.29, 0.717) is 10.3 Å². The van der Waals surface area contributed by atoms with E-state index >= 15 is 0 Å². The Balaban J connectivity index is 2.23. The minimum absolute atomic E-state index is 0.0520. The number of carbonyl (C=O) groups is 1. The molecule has 0 aromatic carbocycles. The van der Waals surface area contributed by atoms with Gasteiger partial charge in [-0.2, -0.15) is 10.2 Å². The van der Waals surface area contributed by atoms with Gasteiger partial charge in [-0.1, -0.05) is 0 Å². The van der Waals surface area contributed by atoms with Crippen LogP contribution in [0, 0.1) is 0 Å². The molecule has 17 heavy (non-hydrogen) atoms. The van der Waals surface area contributed by atoms with E-state index < -0.39 is 5.91 Å². The number of hydrogen-bond donors (Lipinski definition) is 2. The second-order valence-corrected chi connectivity index (χ2v) is 3.82. The number of halogens is 1. The lowest BCUT2D eigenvalue weighted by Gasteiger charge is -2.05. The van der Waals surface area contributed by atoms with Crippen LogP contribution >= 0.6 is 15.9 Å². The van der Waals surface area contributed by atoms with E-state index in [1.807, 2.05) is 0 Å². The normalized spacial score (nSPS) is 9.94. The summed E-state index contributed by atoms with van der Waals surface area (Å²) in [7, 11) is 0. The Labute approximate surface area is 105 Å². The standard InChI is InChI=1S/C9H7BrN6O/c10-6-4-12-8(11)7(16-6)9(17)15-5-1-2-13-14-3-5/h1-4H,(H2,11,12)(H,13,15,17). The van der Waals surface area contributed by atoms with Gasteiger partial charge in [-0.25, -0.2) is 9.97 Å². The maximum atomic E-state index is 11.8. The van der Waals surface area contributed by atoms with Crippen molar-refractivity contribution < 1.29 is 4.79 Å². The number of amides is 1. The molecule has 0 unspecified atom stereocenters. The van der Waals surface area contributed by atoms with E-state index in [-0.39, 0.29) is 11.5 Å². The minimum Gasteiger partial charge on any atom is -0.382 e. The van der Waals surface area contributed by atoms with Gasteiger partial charge in [0.2, 0.25) is 0 Å². The maximum absolute atomic E-state index is 11.8. The summed E-state index contributed by atoms with van der Waals surface area (Å²) in [6.07, 6.45) is 4.30. The highest BCUT2D eigenvalue weighted by Crippen LogP contribution is 2.12. The molecule has 0 radical (unpaired) electrons. The van der Waals surface area contributed by atoms with Crippen LogP contribution in [0.1, 0.15) is 10.5 Å². The average Bonchev–Trinajstić information content (AvgIpc) is 2.33. The van der Waals surface area contributed by atoms with Gasteiger partial charge in [0, 0.05) is 0 Å². The van der Waals surface area contributed by atoms with Crippen LogP contribution in [0.3, 0.4) is 0 Å². The van der Waals surface area contributed by atoms with Crippen molar-refractivity contribution in [3.8, 4) is 0 Å². The zero-order valence-electron chi connectivity index (χ0n) is 8.46. The SMILES string of the molecule is Nc1ncc(Br)nc1C(=O)Nc1ccnnc1. The van der Waals surface area contributed by atoms with Crippen molar-refractivity contribution in [2.45, 2.75) is 0 Å². The molecule has 8 heteroatoms. The zero-order valence-corrected chi connectivity index (χ0v) is 10.0. The lowest BCUT2D eigenvalue weighted by atomic mass is 10.3. The van der Waals surface area contributed by atoms with E-state index in [1.165, 1.54) is 18.6 Å². The lowest BCUT2D eigenvalue weighted by Crippen LogP contribution is -2.17. The molecule has 3 N–H and O–H groups in total. The predicted molar refractivity (Wildman–Crippen MR) is 64.1 cm³/mol. The van der Waals surface area contributed by atoms with Crippen LogP contribution in [0.2, 0.25) is 0 Å². The molecule has 1 amide bonds. The third kappa shape index (κ3) is 2.72. The first-order chi connectivity index (χ1) is 8.16. The Morgan fingerprint density at radius 2 is 2.18 bits per heavy atom. The van der Waals surface area contributed by atoms with Crippen molar-refractivity contribution in [3.05, 3.63) is 35.0 Å². The number of rotatable bonds is 2. The topological polar surface area (TPSA) is 107 Å². The molecule has 0 saturated heterocycles. The number of carbonyl (C=O) groups excluding carboxylic acids is 1. The first-order valence-electron chi connectivity index (χ1n) is 4.53. The first kappa shape index (κ1) is 11.4. The quantitative estimate of drug-likeness (QED) is 0.851. The molecule has 2 aromatic heterocycles. The maximum Gasteiger partial charge on any atom is 0.278 e. The molecule has 86 valence electrons. The third-order valence-corrected chi connectivity index (χ3v) is 2.21. The van der Waals surface area contributed by atoms with Crippen LogP contribution in [0.25, 0.3) is 0 Å². The van der Waals surface area contributed by atoms with Crippen molar-refractivity contribution in [2.75, 3.05) is 11.1 Å². The minimum atomic E-state index is -0.454. The van der Waals surface area contributed by atoms with Crippen LogP contribution in [0.15, 0.2) is 29.3 Å². The fraction of sp³-hybridized carbons (Fsp3) is 0. The molecular weight excluding hydrogens is 288 g/mol. The fourth-order valence-corrected chi connectivity index (χ4v) is 1.38. The summed E-state index contributed by atoms with van der Waals surface area (Å²) in [5.41, 5.74) is 6.12. The van der Waals surface area contributed by atoms with Gasteiger partial charge in [0.1, 0.15) is 4.60 Å². The van der Waals surface area contributed by atoms with Gasteiger partial charge < -0.3 is 11.1 Å². The Hall–Kier alpha value is -2.09. The zero-order chi connectivity index (χ0) is 12.3. The summed E-state index contributed by atoms with van der Waals surface area (Å²) in [5, 5.41) is 9.81. The van der Waals surface area contributed by atoms with Crippen LogP contribution < -0.4 is 11.1 Å². The molecular formula is C9H7BrN6O. The Kier molecular flexibility index (Phi) is 3.24. The van der Waals surface area contributed by atoms with E-state index in [4.69, 9.17) is 5.73 Å². The highest BCUT2D eigenvalue weighted by molar-refractivity contribution is 9.10. The number of nitrogens with one attached hydrogen (secondary N) is 1. The smallest absolute Gasteiger partial charge is 0.278 e. The molecule has 0 atom stereocenters. The number of nitrogen functional groups attached to an aromatic ring is 1. The fourth-order valence-electron chi connectivity index (χ4n) is 1.10. The third-order valence-electron chi connectivity index (χ3n) is 1.83. The van der Waals surface area contributed by atoms with E-state index in [1.54, 1.807) is 6.07 Å². The second kappa shape index (κ2) is 4.83. The monoisotopic (exact) mass is 294 g/mol. The molecule has 0 aliphatic rings. The molecule has 0 fully saturated rings. The Morgan fingerprint density at radius 1 is 1.35 bits per heavy atom. The Bertz CT molecular complexity index is 546. The summed E-state index contributed by atoms with van der Waals surface area (Å²) >= 11 is 3.12. The van der Waals surface area contributed by atoms with Crippen LogP contribution in [-0.4, -0.2) is 26.1 Å². The number of aromatic nitrogens is 4. The summed E-state index contributed by atoms with van der Waals surface area (Å²) in [4.78, 5) is 19.6. The van der Waals surface area contributed by atoms with Gasteiger partial charge in [-0.15, -0.1) is 0 Å². The number of nitrogens with zero attached hydrogens (tertiary/aromatic N) is 4. The molecule has 7 nitrogen and oxygen atoms in total. The van der Waals surface area contributed by atoms with E-state index in [9.17, 15) is 4.79 Å². The van der Waals surface area contributed by atoms with E-state index in [2.05, 4.69) is 41.4 Å². The molecule has 0 bridgehead atoms. The van der Waals surface area contributed by atoms with Gasteiger partial charge >= 0.3 is 0 Å². The van der Waals surface area contributed by atoms with Crippen molar-refractivity contribution in [1.82, 2.24) is 20.2 Å². The van der Waals surface area contributed by atoms with Crippen LogP contribution in [0.5, 0.6) is 0 Å². The van der Waals surface area contributed by atoms with Crippen molar-refractivity contribution >= 4 is 33.3 Å². The second-order valence-electron chi connectivity index (χ2n) is 3.01. The van der Waals surface area contributed by atoms with Gasteiger partial charge in [0.05, 0.1) is 24.3 Å². The van der Waals surface area contributed by atoms with Gasteiger partial charge in [0.15, 0.2) is 11.5 Å². The van der Waals surface area contributed by atoms with Crippen LogP contribution in [0.4, 0.5) is 11.5 Å². The van der Waals surface area contributed by atoms with Gasteiger partial charge in [-0.3, -0.25) is 4.79 Å². The molecule has 0 spiro atoms. The molecule has 0 aliphatic carbocycles. The summed E-state index contributed by atoms with van der Waals surface area (Å²) in [6.45, 7) is 0. The highest BCUT2D eigenvalue weighted by atomic mass is 79.9. The van der Waals surface area contributed by atoms with Crippen molar-refractivity contribution in [2.24, 2.45) is 0 Å². The summed E-state index contributed by atoms with van der Waals surface area (Å²) < 4.78 is 0.435. The van der Waals surface area contributed by atoms with Gasteiger partial charge in [0.25, 0.3) is 5.91 Å². The first-order valence-corrected chi connectivity index (χ1v) is 5.32. The molecule has 0 saturated carbocycles. The van der Waals surface area contributed by atoms with Gasteiger partial charge in [-0.05, 0) is 22.0 Å². The lowest BCUT2D eigenvalue weighted by molar-refractivity contribution is 0.102. The summed E-state index contributed by atoms with van der Waals surface area (Å²) in [6, 6.07) is 1.60. The highest BCUT2D eigenvalue weighted by Gasteiger charge is 2.13. The molecule has 0 aliphatic heterocycles. The number of hydrogen-bond acceptors (Lipinski definition) is 6. The predicted octanol–water partition coefficient (Wildman–Crippen LogP) is 0.864. The molecule has 2 rings (SSSR count). The van der Waals surface area contributed by atoms with Crippen molar-refractivity contribution in [1.29, 1.82) is 0 Å². The summed E-state index contributed by atoms with van der Waals surface area (Å²) in [5.74, 6) is -0.392. The van der Waals surface area contributed by atoms with Crippen LogP contribution in [-0.2, 0) is 0 Å². The molecule has 2 aromatic rings. The van der Waals surface area contributed by atoms with Crippen molar-refractivity contribution in [3.63, 3.8) is 0 Å².